The van der Waals surface area contributed by atoms with E-state index >= 15 is 0 Å². The van der Waals surface area contributed by atoms with Crippen LogP contribution < -0.4 is 5.32 Å². The van der Waals surface area contributed by atoms with Crippen LogP contribution in [0.4, 0.5) is 0 Å². The number of carbonyl (C=O) groups is 2. The van der Waals surface area contributed by atoms with Crippen molar-refractivity contribution in [2.24, 2.45) is 0 Å². The Kier molecular flexibility index (Phi) is 45.5. The number of hydrogen-bond acceptors (Lipinski definition) is 5. The lowest BCUT2D eigenvalue weighted by Gasteiger charge is -2.24. The van der Waals surface area contributed by atoms with Crippen LogP contribution in [0.25, 0.3) is 0 Å². The predicted molar refractivity (Wildman–Crippen MR) is 250 cm³/mol. The summed E-state index contributed by atoms with van der Waals surface area (Å²) in [4.78, 5) is 26.1. The maximum absolute atomic E-state index is 13.1. The average molecular weight is 820 g/mol. The summed E-state index contributed by atoms with van der Waals surface area (Å²) in [5, 5.41) is 23.7. The maximum Gasteiger partial charge on any atom is 0.306 e. The van der Waals surface area contributed by atoms with Crippen LogP contribution in [0.5, 0.6) is 0 Å². The van der Waals surface area contributed by atoms with Gasteiger partial charge < -0.3 is 20.3 Å². The molecule has 3 atom stereocenters. The van der Waals surface area contributed by atoms with Crippen molar-refractivity contribution in [2.75, 3.05) is 6.61 Å². The number of carbonyl (C=O) groups excluding carboxylic acids is 2. The second-order valence-electron chi connectivity index (χ2n) is 17.9. The molecule has 0 bridgehead atoms. The van der Waals surface area contributed by atoms with Gasteiger partial charge in [0, 0.05) is 6.42 Å². The highest BCUT2D eigenvalue weighted by molar-refractivity contribution is 5.77. The van der Waals surface area contributed by atoms with Gasteiger partial charge in [-0.05, 0) is 51.4 Å². The Balaban J connectivity index is 4.38. The first-order valence-electron chi connectivity index (χ1n) is 25.9. The summed E-state index contributed by atoms with van der Waals surface area (Å²) in [6.07, 6.45) is 51.4. The smallest absolute Gasteiger partial charge is 0.306 e. The third kappa shape index (κ3) is 41.3. The van der Waals surface area contributed by atoms with Crippen LogP contribution in [0, 0.1) is 0 Å². The van der Waals surface area contributed by atoms with Crippen LogP contribution >= 0.6 is 0 Å². The summed E-state index contributed by atoms with van der Waals surface area (Å²) >= 11 is 0. The second-order valence-corrected chi connectivity index (χ2v) is 17.9. The number of aliphatic hydroxyl groups is 2. The average Bonchev–Trinajstić information content (AvgIpc) is 3.22. The molecular weight excluding hydrogens is 719 g/mol. The van der Waals surface area contributed by atoms with Gasteiger partial charge in [-0.3, -0.25) is 9.59 Å². The fourth-order valence-electron chi connectivity index (χ4n) is 8.13. The fraction of sp³-hybridized carbons (Fsp3) is 0.923. The van der Waals surface area contributed by atoms with Gasteiger partial charge in [0.05, 0.1) is 25.2 Å². The van der Waals surface area contributed by atoms with Crippen LogP contribution in [0.2, 0.25) is 0 Å². The molecule has 0 radical (unpaired) electrons. The topological polar surface area (TPSA) is 95.9 Å². The number of unbranched alkanes of at least 4 members (excludes halogenated alkanes) is 33. The first kappa shape index (κ1) is 56.6. The molecule has 0 rings (SSSR count). The van der Waals surface area contributed by atoms with E-state index in [0.717, 1.165) is 44.9 Å². The van der Waals surface area contributed by atoms with Crippen LogP contribution in [0.15, 0.2) is 12.2 Å². The van der Waals surface area contributed by atoms with Crippen molar-refractivity contribution in [1.82, 2.24) is 5.32 Å². The minimum absolute atomic E-state index is 0.0832. The molecule has 0 saturated carbocycles. The van der Waals surface area contributed by atoms with Crippen molar-refractivity contribution in [2.45, 2.75) is 302 Å². The molecule has 3 unspecified atom stereocenters. The van der Waals surface area contributed by atoms with Crippen LogP contribution in [-0.4, -0.2) is 46.9 Å². The van der Waals surface area contributed by atoms with E-state index in [2.05, 4.69) is 38.2 Å². The molecule has 0 aliphatic heterocycles. The summed E-state index contributed by atoms with van der Waals surface area (Å²) in [5.41, 5.74) is 0. The molecule has 0 heterocycles. The van der Waals surface area contributed by atoms with Crippen LogP contribution in [0.1, 0.15) is 284 Å². The number of hydrogen-bond donors (Lipinski definition) is 3. The summed E-state index contributed by atoms with van der Waals surface area (Å²) in [5.74, 6) is -0.462. The standard InChI is InChI=1S/C52H101NO5/c1-4-7-10-13-16-19-21-22-23-24-25-26-27-28-30-33-36-39-42-45-52(57)58-48(43-40-37-34-31-18-15-12-9-6-3)46-51(56)53-49(47-54)50(55)44-41-38-35-32-29-20-17-14-11-8-5-2/h22-23,48-50,54-55H,4-21,24-47H2,1-3H3,(H,53,56)/b23-22+. The fourth-order valence-corrected chi connectivity index (χ4v) is 8.13. The predicted octanol–water partition coefficient (Wildman–Crippen LogP) is 15.3. The molecule has 1 amide bonds. The van der Waals surface area contributed by atoms with E-state index in [1.807, 2.05) is 0 Å². The number of allylic oxidation sites excluding steroid dienone is 2. The highest BCUT2D eigenvalue weighted by Crippen LogP contribution is 2.18. The molecule has 0 spiro atoms. The van der Waals surface area contributed by atoms with Crippen molar-refractivity contribution in [3.8, 4) is 0 Å². The molecule has 6 heteroatoms. The van der Waals surface area contributed by atoms with E-state index in [1.54, 1.807) is 0 Å². The van der Waals surface area contributed by atoms with Gasteiger partial charge in [0.1, 0.15) is 6.10 Å². The highest BCUT2D eigenvalue weighted by Gasteiger charge is 2.24. The molecule has 3 N–H and O–H groups in total. The number of amides is 1. The quantitative estimate of drug-likeness (QED) is 0.0323. The van der Waals surface area contributed by atoms with Gasteiger partial charge in [-0.25, -0.2) is 0 Å². The van der Waals surface area contributed by atoms with Gasteiger partial charge in [0.25, 0.3) is 0 Å². The van der Waals surface area contributed by atoms with E-state index in [1.165, 1.54) is 193 Å². The lowest BCUT2D eigenvalue weighted by atomic mass is 10.0. The van der Waals surface area contributed by atoms with Crippen molar-refractivity contribution in [1.29, 1.82) is 0 Å². The normalized spacial score (nSPS) is 13.3. The Morgan fingerprint density at radius 3 is 1.22 bits per heavy atom. The van der Waals surface area contributed by atoms with Crippen molar-refractivity contribution >= 4 is 11.9 Å². The molecule has 6 nitrogen and oxygen atoms in total. The Morgan fingerprint density at radius 2 is 0.828 bits per heavy atom. The summed E-state index contributed by atoms with van der Waals surface area (Å²) in [7, 11) is 0. The molecule has 0 saturated heterocycles. The maximum atomic E-state index is 13.1. The van der Waals surface area contributed by atoms with Gasteiger partial charge in [-0.1, -0.05) is 232 Å². The number of ether oxygens (including phenoxy) is 1. The first-order valence-corrected chi connectivity index (χ1v) is 25.9. The van der Waals surface area contributed by atoms with Crippen molar-refractivity contribution in [3.05, 3.63) is 12.2 Å². The third-order valence-electron chi connectivity index (χ3n) is 12.1. The Labute approximate surface area is 361 Å². The van der Waals surface area contributed by atoms with Gasteiger partial charge >= 0.3 is 5.97 Å². The summed E-state index contributed by atoms with van der Waals surface area (Å²) in [6.45, 7) is 6.48. The number of aliphatic hydroxyl groups excluding tert-OH is 2. The number of nitrogens with one attached hydrogen (secondary N) is 1. The number of rotatable bonds is 47. The first-order chi connectivity index (χ1) is 28.5. The molecule has 0 aromatic rings. The largest absolute Gasteiger partial charge is 0.462 e. The molecule has 0 aliphatic rings. The highest BCUT2D eigenvalue weighted by atomic mass is 16.5. The third-order valence-corrected chi connectivity index (χ3v) is 12.1. The van der Waals surface area contributed by atoms with Crippen molar-refractivity contribution < 1.29 is 24.5 Å². The molecule has 58 heavy (non-hydrogen) atoms. The Morgan fingerprint density at radius 1 is 0.483 bits per heavy atom. The zero-order chi connectivity index (χ0) is 42.4. The Hall–Kier alpha value is -1.40. The number of esters is 1. The molecular formula is C52H101NO5. The van der Waals surface area contributed by atoms with E-state index in [-0.39, 0.29) is 24.9 Å². The minimum Gasteiger partial charge on any atom is -0.462 e. The lowest BCUT2D eigenvalue weighted by Crippen LogP contribution is -2.46. The second kappa shape index (κ2) is 46.7. The van der Waals surface area contributed by atoms with Crippen LogP contribution in [-0.2, 0) is 14.3 Å². The van der Waals surface area contributed by atoms with Crippen LogP contribution in [0.3, 0.4) is 0 Å². The van der Waals surface area contributed by atoms with E-state index in [0.29, 0.717) is 19.3 Å². The van der Waals surface area contributed by atoms with E-state index in [9.17, 15) is 19.8 Å². The monoisotopic (exact) mass is 820 g/mol. The van der Waals surface area contributed by atoms with E-state index in [4.69, 9.17) is 4.74 Å². The van der Waals surface area contributed by atoms with E-state index < -0.39 is 18.2 Å². The van der Waals surface area contributed by atoms with Crippen molar-refractivity contribution in [3.63, 3.8) is 0 Å². The summed E-state index contributed by atoms with van der Waals surface area (Å²) < 4.78 is 5.92. The zero-order valence-corrected chi connectivity index (χ0v) is 39.2. The minimum atomic E-state index is -0.780. The zero-order valence-electron chi connectivity index (χ0n) is 39.2. The molecule has 344 valence electrons. The van der Waals surface area contributed by atoms with Gasteiger partial charge in [-0.2, -0.15) is 0 Å². The molecule has 0 fully saturated rings. The van der Waals surface area contributed by atoms with Gasteiger partial charge in [-0.15, -0.1) is 0 Å². The molecule has 0 aromatic carbocycles. The van der Waals surface area contributed by atoms with Gasteiger partial charge in [0.15, 0.2) is 0 Å². The lowest BCUT2D eigenvalue weighted by molar-refractivity contribution is -0.151. The molecule has 0 aromatic heterocycles. The SMILES string of the molecule is CCCCCCCC/C=C/CCCCCCCCCCCC(=O)OC(CCCCCCCCCCC)CC(=O)NC(CO)C(O)CCCCCCCCCCCCC. The Bertz CT molecular complexity index is 878. The molecule has 0 aliphatic carbocycles. The summed E-state index contributed by atoms with van der Waals surface area (Å²) in [6, 6.07) is -0.693. The van der Waals surface area contributed by atoms with Gasteiger partial charge in [0.2, 0.25) is 5.91 Å².